The molecule has 6 aliphatic carbocycles. The highest BCUT2D eigenvalue weighted by Gasteiger charge is 2.55. The van der Waals surface area contributed by atoms with Gasteiger partial charge in [0.1, 0.15) is 68.2 Å². The van der Waals surface area contributed by atoms with E-state index in [1.165, 1.54) is 15.3 Å². The van der Waals surface area contributed by atoms with Crippen LogP contribution in [-0.4, -0.2) is 146 Å². The Morgan fingerprint density at radius 2 is 1.14 bits per heavy atom. The van der Waals surface area contributed by atoms with E-state index < -0.39 is 11.1 Å². The number of amides is 2. The Hall–Kier alpha value is -10.8. The lowest BCUT2D eigenvalue weighted by Gasteiger charge is -2.53. The summed E-state index contributed by atoms with van der Waals surface area (Å²) in [4.78, 5) is 55.2. The Morgan fingerprint density at radius 3 is 1.72 bits per heavy atom. The molecule has 119 heavy (non-hydrogen) atoms. The molecule has 8 fully saturated rings. The van der Waals surface area contributed by atoms with Crippen LogP contribution in [0.2, 0.25) is 10.0 Å². The predicted molar refractivity (Wildman–Crippen MR) is 451 cm³/mol. The molecule has 2 N–H and O–H groups in total. The number of fused-ring (bicyclic) bond motifs is 8. The van der Waals surface area contributed by atoms with Crippen LogP contribution in [0.4, 0.5) is 11.6 Å². The smallest absolute Gasteiger partial charge is 0.272 e. The second-order valence-electron chi connectivity index (χ2n) is 34.7. The van der Waals surface area contributed by atoms with Gasteiger partial charge in [-0.05, 0) is 257 Å². The molecular formula is C89H90Cl2N20O6S2. The van der Waals surface area contributed by atoms with Crippen molar-refractivity contribution in [1.82, 2.24) is 70.5 Å². The van der Waals surface area contributed by atoms with Crippen molar-refractivity contribution in [2.75, 3.05) is 42.6 Å². The van der Waals surface area contributed by atoms with E-state index in [2.05, 4.69) is 100 Å². The zero-order valence-corrected chi connectivity index (χ0v) is 70.0. The van der Waals surface area contributed by atoms with Crippen LogP contribution in [0, 0.1) is 67.1 Å². The SMILES string of the molecule is Cc1sc2c(c1C)C(c1ccc(OC3CC4(CCN(c5ccc(C(=O)N[C@H]6CC[C@H](Oc7ccc(C#N)c(Cl)c7)CC6)nn5)CC4)C3)nc1)=NC1(CC1)c1nnc(CCc3sc4c(c3C)C(c3ccc(OCC5CC6(CCCN(c7ccc(C(=O)N[C@H]8CC[C@H](Oc9ccc(C#N)c(Cl)c9)CC8)nn7)C6)C5)cn3)=NC3(CC3)c3nnc(C)n3-4)n1-2. The number of pyridine rings is 2. The molecule has 10 aromatic rings. The molecular weight excluding hydrogens is 1580 g/mol. The Bertz CT molecular complexity index is 5760. The summed E-state index contributed by atoms with van der Waals surface area (Å²) in [5, 5.41) is 65.2. The molecule has 0 bridgehead atoms. The zero-order valence-electron chi connectivity index (χ0n) is 66.9. The van der Waals surface area contributed by atoms with Crippen LogP contribution < -0.4 is 39.4 Å². The largest absolute Gasteiger partial charge is 0.492 e. The summed E-state index contributed by atoms with van der Waals surface area (Å²) in [7, 11) is 0. The highest BCUT2D eigenvalue weighted by Crippen LogP contribution is 2.57. The van der Waals surface area contributed by atoms with Gasteiger partial charge in [-0.2, -0.15) is 10.5 Å². The molecule has 0 atom stereocenters. The number of piperidine rings is 2. The van der Waals surface area contributed by atoms with Gasteiger partial charge in [-0.15, -0.1) is 63.5 Å². The van der Waals surface area contributed by atoms with E-state index >= 15 is 0 Å². The lowest BCUT2D eigenvalue weighted by molar-refractivity contribution is -0.0332. The van der Waals surface area contributed by atoms with Crippen LogP contribution in [0.5, 0.6) is 23.1 Å². The first-order valence-electron chi connectivity index (χ1n) is 41.9. The lowest BCUT2D eigenvalue weighted by atomic mass is 9.58. The van der Waals surface area contributed by atoms with Crippen molar-refractivity contribution in [3.05, 3.63) is 196 Å². The summed E-state index contributed by atoms with van der Waals surface area (Å²) in [6.45, 7) is 12.8. The summed E-state index contributed by atoms with van der Waals surface area (Å²) in [5.74, 6) is 7.71. The van der Waals surface area contributed by atoms with Gasteiger partial charge in [0, 0.05) is 95.5 Å². The summed E-state index contributed by atoms with van der Waals surface area (Å²) < 4.78 is 30.1. The first kappa shape index (κ1) is 76.9. The molecule has 4 spiro atoms. The van der Waals surface area contributed by atoms with Crippen LogP contribution in [0.15, 0.2) is 107 Å². The Morgan fingerprint density at radius 1 is 0.546 bits per heavy atom. The molecule has 608 valence electrons. The van der Waals surface area contributed by atoms with E-state index in [-0.39, 0.29) is 53.0 Å². The number of carbonyl (C=O) groups is 2. The third-order valence-corrected chi connectivity index (χ3v) is 29.9. The maximum Gasteiger partial charge on any atom is 0.272 e. The molecule has 4 aliphatic heterocycles. The molecule has 0 radical (unpaired) electrons. The number of benzene rings is 2. The van der Waals surface area contributed by atoms with Gasteiger partial charge < -0.3 is 39.4 Å². The molecule has 2 amide bonds. The van der Waals surface area contributed by atoms with Crippen molar-refractivity contribution >= 4 is 80.7 Å². The number of nitrogens with zero attached hydrogens (tertiary/aromatic N) is 18. The van der Waals surface area contributed by atoms with Gasteiger partial charge in [-0.25, -0.2) is 4.98 Å². The number of aromatic nitrogens is 12. The van der Waals surface area contributed by atoms with Gasteiger partial charge in [0.25, 0.3) is 11.8 Å². The van der Waals surface area contributed by atoms with Gasteiger partial charge in [0.05, 0.1) is 63.3 Å². The highest BCUT2D eigenvalue weighted by atomic mass is 35.5. The number of nitriles is 2. The van der Waals surface area contributed by atoms with Gasteiger partial charge in [-0.1, -0.05) is 23.2 Å². The first-order valence-corrected chi connectivity index (χ1v) is 44.3. The quantitative estimate of drug-likeness (QED) is 0.0716. The Labute approximate surface area is 707 Å². The van der Waals surface area contributed by atoms with E-state index in [0.29, 0.717) is 68.9 Å². The fourth-order valence-corrected chi connectivity index (χ4v) is 22.6. The van der Waals surface area contributed by atoms with Crippen molar-refractivity contribution in [3.63, 3.8) is 0 Å². The average Bonchev–Trinajstić information content (AvgIpc) is 1.54. The normalized spacial score (nSPS) is 21.9. The summed E-state index contributed by atoms with van der Waals surface area (Å²) in [6.07, 6.45) is 23.4. The molecule has 2 saturated heterocycles. The number of aliphatic imine (C=N–C) groups is 2. The Kier molecular flexibility index (Phi) is 19.9. The predicted octanol–water partition coefficient (Wildman–Crippen LogP) is 15.2. The summed E-state index contributed by atoms with van der Waals surface area (Å²) in [5.41, 5.74) is 8.91. The Balaban J connectivity index is 0.444. The average molecular weight is 1670 g/mol. The van der Waals surface area contributed by atoms with Crippen LogP contribution in [0.3, 0.4) is 0 Å². The number of carbonyl (C=O) groups excluding carboxylic acids is 2. The van der Waals surface area contributed by atoms with E-state index in [1.807, 2.05) is 43.6 Å². The number of ether oxygens (including phenoxy) is 4. The molecule has 0 unspecified atom stereocenters. The third-order valence-electron chi connectivity index (χ3n) is 26.7. The van der Waals surface area contributed by atoms with Crippen LogP contribution >= 0.6 is 45.9 Å². The number of hydrogen-bond acceptors (Lipinski definition) is 24. The minimum Gasteiger partial charge on any atom is -0.492 e. The van der Waals surface area contributed by atoms with Crippen LogP contribution in [0.1, 0.15) is 227 Å². The van der Waals surface area contributed by atoms with Gasteiger partial charge >= 0.3 is 0 Å². The fraction of sp³-hybridized carbons (Fsp3) is 0.461. The first-order chi connectivity index (χ1) is 57.8. The molecule has 8 aromatic heterocycles. The van der Waals surface area contributed by atoms with E-state index in [9.17, 15) is 20.1 Å². The summed E-state index contributed by atoms with van der Waals surface area (Å²) >= 11 is 16.0. The zero-order chi connectivity index (χ0) is 81.1. The highest BCUT2D eigenvalue weighted by molar-refractivity contribution is 7.15. The molecule has 30 heteroatoms. The number of hydrogen-bond donors (Lipinski definition) is 2. The van der Waals surface area contributed by atoms with Crippen LogP contribution in [0.25, 0.3) is 10.0 Å². The third kappa shape index (κ3) is 14.8. The van der Waals surface area contributed by atoms with Gasteiger partial charge in [0.2, 0.25) is 5.88 Å². The minimum atomic E-state index is -0.500. The van der Waals surface area contributed by atoms with Crippen molar-refractivity contribution in [2.24, 2.45) is 26.7 Å². The van der Waals surface area contributed by atoms with Crippen LogP contribution in [-0.2, 0) is 23.9 Å². The number of nitrogens with one attached hydrogen (secondary N) is 2. The standard InChI is InChI=1S/C89H90Cl2N20O6S2/c1-50-52(3)118-83-76(50)78(57-8-27-75(95-46-57)117-65-42-86(43-65)33-36-108(37-34-86)72-24-21-69(101-103-72)80(112)96-58-9-15-60(16-10-58)115-62-13-6-55(44-92)66(90)38-62)98-89(31-32-89)85-107-105-74(111(83)85)26-23-71-51(2)77-79(99-88(29-30-88)84-106-100-53(4)110(84)82(77)119-71)68-20-19-64(47-94-68)114-48-54-40-87(41-54)28-5-35-109(49-87)73-25-22-70(102-104-73)81(113)97-59-11-17-61(18-12-59)116-63-14-7-56(45-93)67(91)39-63/h6-8,13-14,19-22,24-25,27,38-39,46-47,54,58-61,65H,5,9-12,15-18,23,26,28-37,40-43,48-49H2,1-4H3,(H,96,112)(H,97,113)/t54?,58-,59-,60-,61-,87?. The molecule has 12 heterocycles. The molecule has 6 saturated carbocycles. The maximum absolute atomic E-state index is 13.4. The van der Waals surface area contributed by atoms with E-state index in [0.717, 1.165) is 251 Å². The molecule has 26 nitrogen and oxygen atoms in total. The maximum atomic E-state index is 13.4. The molecule has 20 rings (SSSR count). The lowest BCUT2D eigenvalue weighted by Crippen LogP contribution is -2.51. The van der Waals surface area contributed by atoms with Crippen molar-refractivity contribution in [2.45, 2.75) is 210 Å². The van der Waals surface area contributed by atoms with E-state index in [1.54, 1.807) is 71.2 Å². The molecule has 10 aliphatic rings. The van der Waals surface area contributed by atoms with Gasteiger partial charge in [0.15, 0.2) is 34.7 Å². The van der Waals surface area contributed by atoms with E-state index in [4.69, 9.17) is 77.4 Å². The fourth-order valence-electron chi connectivity index (χ4n) is 19.6. The number of anilines is 2. The number of halogens is 2. The topological polar surface area (TPSA) is 313 Å². The van der Waals surface area contributed by atoms with Gasteiger partial charge in [-0.3, -0.25) is 33.7 Å². The second kappa shape index (κ2) is 30.8. The summed E-state index contributed by atoms with van der Waals surface area (Å²) in [6, 6.07) is 30.1. The minimum absolute atomic E-state index is 0.00702. The molecule has 2 aromatic carbocycles. The number of thiophene rings is 2. The van der Waals surface area contributed by atoms with Crippen molar-refractivity contribution in [3.8, 4) is 45.3 Å². The number of rotatable bonds is 20. The van der Waals surface area contributed by atoms with Crippen molar-refractivity contribution in [1.29, 1.82) is 10.5 Å². The number of aryl methyl sites for hydroxylation is 4. The monoisotopic (exact) mass is 1670 g/mol. The second-order valence-corrected chi connectivity index (χ2v) is 37.8. The van der Waals surface area contributed by atoms with Crippen molar-refractivity contribution < 1.29 is 28.5 Å².